The Morgan fingerprint density at radius 2 is 1.96 bits per heavy atom. The number of nitrogens with one attached hydrogen (secondary N) is 1. The van der Waals surface area contributed by atoms with E-state index in [9.17, 15) is 8.78 Å². The van der Waals surface area contributed by atoms with Crippen LogP contribution in [0.4, 0.5) is 14.7 Å². The molecule has 0 aliphatic carbocycles. The van der Waals surface area contributed by atoms with Crippen LogP contribution in [0.2, 0.25) is 0 Å². The zero-order valence-electron chi connectivity index (χ0n) is 16.4. The monoisotopic (exact) mass is 385 g/mol. The first-order chi connectivity index (χ1) is 13.4. The Labute approximate surface area is 163 Å². The van der Waals surface area contributed by atoms with Gasteiger partial charge in [0.25, 0.3) is 6.43 Å². The van der Waals surface area contributed by atoms with Gasteiger partial charge >= 0.3 is 0 Å². The third-order valence-corrected chi connectivity index (χ3v) is 5.33. The van der Waals surface area contributed by atoms with Crippen molar-refractivity contribution in [3.8, 4) is 11.3 Å². The van der Waals surface area contributed by atoms with Gasteiger partial charge in [0.05, 0.1) is 5.52 Å². The third kappa shape index (κ3) is 3.58. The molecular weight excluding hydrogens is 360 g/mol. The zero-order chi connectivity index (χ0) is 19.8. The molecule has 0 radical (unpaired) electrons. The Balaban J connectivity index is 1.78. The van der Waals surface area contributed by atoms with Crippen LogP contribution in [-0.4, -0.2) is 45.7 Å². The Morgan fingerprint density at radius 1 is 1.14 bits per heavy atom. The van der Waals surface area contributed by atoms with Gasteiger partial charge in [-0.2, -0.15) is 0 Å². The molecule has 1 unspecified atom stereocenters. The molecular formula is C21H25F2N5. The Hall–Kier alpha value is -2.54. The molecule has 1 atom stereocenters. The topological polar surface area (TPSA) is 45.5 Å². The molecule has 1 aliphatic heterocycles. The van der Waals surface area contributed by atoms with Crippen molar-refractivity contribution < 1.29 is 8.78 Å². The zero-order valence-corrected chi connectivity index (χ0v) is 16.4. The summed E-state index contributed by atoms with van der Waals surface area (Å²) in [6.45, 7) is 5.84. The molecule has 4 rings (SSSR count). The van der Waals surface area contributed by atoms with Crippen molar-refractivity contribution in [3.63, 3.8) is 0 Å². The summed E-state index contributed by atoms with van der Waals surface area (Å²) >= 11 is 0. The number of likely N-dealkylation sites (tertiary alicyclic amines) is 1. The van der Waals surface area contributed by atoms with Crippen molar-refractivity contribution in [2.24, 2.45) is 0 Å². The summed E-state index contributed by atoms with van der Waals surface area (Å²) in [5.41, 5.74) is 3.52. The number of piperidine rings is 1. The Bertz CT molecular complexity index is 998. The maximum atomic E-state index is 13.7. The van der Waals surface area contributed by atoms with Crippen molar-refractivity contribution in [2.75, 3.05) is 25.5 Å². The molecule has 148 valence electrons. The van der Waals surface area contributed by atoms with E-state index in [2.05, 4.69) is 27.5 Å². The largest absolute Gasteiger partial charge is 0.350 e. The number of aryl methyl sites for hydroxylation is 2. The molecule has 28 heavy (non-hydrogen) atoms. The van der Waals surface area contributed by atoms with Crippen LogP contribution >= 0.6 is 0 Å². The number of benzene rings is 1. The molecule has 1 saturated heterocycles. The first kappa shape index (κ1) is 18.8. The lowest BCUT2D eigenvalue weighted by Crippen LogP contribution is -2.40. The fourth-order valence-corrected chi connectivity index (χ4v) is 3.99. The number of rotatable bonds is 4. The van der Waals surface area contributed by atoms with Gasteiger partial charge in [0.1, 0.15) is 5.69 Å². The van der Waals surface area contributed by atoms with Crippen LogP contribution in [0.15, 0.2) is 30.5 Å². The predicted molar refractivity (Wildman–Crippen MR) is 107 cm³/mol. The second-order valence-electron chi connectivity index (χ2n) is 7.78. The van der Waals surface area contributed by atoms with Crippen molar-refractivity contribution in [3.05, 3.63) is 47.2 Å². The molecule has 0 amide bonds. The lowest BCUT2D eigenvalue weighted by Gasteiger charge is -2.30. The second kappa shape index (κ2) is 7.47. The number of hydrogen-bond donors (Lipinski definition) is 1. The number of alkyl halides is 2. The molecule has 0 bridgehead atoms. The maximum absolute atomic E-state index is 13.7. The molecule has 0 spiro atoms. The highest BCUT2D eigenvalue weighted by atomic mass is 19.3. The van der Waals surface area contributed by atoms with Gasteiger partial charge in [-0.1, -0.05) is 17.7 Å². The van der Waals surface area contributed by atoms with E-state index in [1.165, 1.54) is 6.07 Å². The van der Waals surface area contributed by atoms with E-state index in [1.807, 2.05) is 36.6 Å². The molecule has 2 aromatic heterocycles. The number of hydrogen-bond acceptors (Lipinski definition) is 4. The number of aromatic nitrogens is 3. The van der Waals surface area contributed by atoms with E-state index in [4.69, 9.17) is 0 Å². The van der Waals surface area contributed by atoms with Crippen LogP contribution in [0, 0.1) is 13.8 Å². The molecule has 1 aliphatic rings. The fraction of sp³-hybridized carbons (Fsp3) is 0.429. The van der Waals surface area contributed by atoms with Gasteiger partial charge in [0.15, 0.2) is 0 Å². The smallest absolute Gasteiger partial charge is 0.264 e. The molecule has 1 N–H and O–H groups in total. The average molecular weight is 385 g/mol. The lowest BCUT2D eigenvalue weighted by atomic mass is 10.0. The highest BCUT2D eigenvalue weighted by molar-refractivity contribution is 5.80. The van der Waals surface area contributed by atoms with Crippen molar-refractivity contribution in [1.82, 2.24) is 19.5 Å². The van der Waals surface area contributed by atoms with Gasteiger partial charge in [0, 0.05) is 29.9 Å². The Morgan fingerprint density at radius 3 is 2.71 bits per heavy atom. The van der Waals surface area contributed by atoms with Crippen LogP contribution < -0.4 is 5.32 Å². The van der Waals surface area contributed by atoms with E-state index < -0.39 is 6.43 Å². The lowest BCUT2D eigenvalue weighted by molar-refractivity contribution is 0.152. The van der Waals surface area contributed by atoms with E-state index in [0.29, 0.717) is 23.2 Å². The van der Waals surface area contributed by atoms with Gasteiger partial charge < -0.3 is 10.2 Å². The predicted octanol–water partition coefficient (Wildman–Crippen LogP) is 4.46. The summed E-state index contributed by atoms with van der Waals surface area (Å²) in [7, 11) is 2.11. The van der Waals surface area contributed by atoms with E-state index in [1.54, 1.807) is 6.07 Å². The Kier molecular flexibility index (Phi) is 5.02. The van der Waals surface area contributed by atoms with Crippen LogP contribution in [0.3, 0.4) is 0 Å². The first-order valence-corrected chi connectivity index (χ1v) is 9.62. The maximum Gasteiger partial charge on any atom is 0.264 e. The van der Waals surface area contributed by atoms with Crippen molar-refractivity contribution in [2.45, 2.75) is 39.2 Å². The minimum atomic E-state index is -2.57. The summed E-state index contributed by atoms with van der Waals surface area (Å²) in [6, 6.07) is 7.33. The molecule has 1 aromatic carbocycles. The molecule has 0 saturated carbocycles. The number of anilines is 1. The normalized spacial score (nSPS) is 18.1. The number of likely N-dealkylation sites (N-methyl/N-ethyl adjacent to an activating group) is 1. The standard InChI is InChI=1S/C21H25F2N5/c1-13-6-7-16(17(9-13)20(22)23)19-18-10-14(2)11-28(18)21(26-25-19)24-15-5-4-8-27(3)12-15/h6-7,9-11,15,20H,4-5,8,12H2,1-3H3,(H,24,26). The third-order valence-electron chi connectivity index (χ3n) is 5.33. The summed E-state index contributed by atoms with van der Waals surface area (Å²) in [6.07, 6.45) is 1.61. The van der Waals surface area contributed by atoms with Crippen molar-refractivity contribution in [1.29, 1.82) is 0 Å². The van der Waals surface area contributed by atoms with Gasteiger partial charge in [-0.3, -0.25) is 4.40 Å². The van der Waals surface area contributed by atoms with Gasteiger partial charge in [-0.15, -0.1) is 10.2 Å². The van der Waals surface area contributed by atoms with E-state index >= 15 is 0 Å². The minimum absolute atomic E-state index is 0.00957. The quantitative estimate of drug-likeness (QED) is 0.720. The van der Waals surface area contributed by atoms with Crippen LogP contribution in [-0.2, 0) is 0 Å². The number of fused-ring (bicyclic) bond motifs is 1. The summed E-state index contributed by atoms with van der Waals surface area (Å²) < 4.78 is 29.2. The second-order valence-corrected chi connectivity index (χ2v) is 7.78. The molecule has 3 aromatic rings. The highest BCUT2D eigenvalue weighted by Crippen LogP contribution is 2.34. The van der Waals surface area contributed by atoms with Crippen molar-refractivity contribution >= 4 is 11.5 Å². The number of nitrogens with zero attached hydrogens (tertiary/aromatic N) is 4. The van der Waals surface area contributed by atoms with E-state index in [-0.39, 0.29) is 5.56 Å². The number of halogens is 2. The first-order valence-electron chi connectivity index (χ1n) is 9.62. The van der Waals surface area contributed by atoms with Gasteiger partial charge in [-0.25, -0.2) is 8.78 Å². The average Bonchev–Trinajstić information content (AvgIpc) is 3.04. The summed E-state index contributed by atoms with van der Waals surface area (Å²) in [5.74, 6) is 0.651. The summed E-state index contributed by atoms with van der Waals surface area (Å²) in [4.78, 5) is 2.29. The van der Waals surface area contributed by atoms with E-state index in [0.717, 1.165) is 42.6 Å². The SMILES string of the molecule is Cc1ccc(-c2nnc(NC3CCCN(C)C3)n3cc(C)cc23)c(C(F)F)c1. The highest BCUT2D eigenvalue weighted by Gasteiger charge is 2.22. The van der Waals surface area contributed by atoms with Gasteiger partial charge in [-0.05, 0) is 58.0 Å². The summed E-state index contributed by atoms with van der Waals surface area (Å²) in [5, 5.41) is 12.2. The van der Waals surface area contributed by atoms with Crippen LogP contribution in [0.1, 0.15) is 36.0 Å². The van der Waals surface area contributed by atoms with Crippen LogP contribution in [0.25, 0.3) is 16.8 Å². The fourth-order valence-electron chi connectivity index (χ4n) is 3.99. The molecule has 1 fully saturated rings. The van der Waals surface area contributed by atoms with Crippen LogP contribution in [0.5, 0.6) is 0 Å². The molecule has 7 heteroatoms. The molecule has 5 nitrogen and oxygen atoms in total. The minimum Gasteiger partial charge on any atom is -0.350 e. The van der Waals surface area contributed by atoms with Gasteiger partial charge in [0.2, 0.25) is 5.95 Å². The molecule has 3 heterocycles.